The maximum atomic E-state index is 13.1. The van der Waals surface area contributed by atoms with Crippen LogP contribution in [0.2, 0.25) is 10.0 Å². The highest BCUT2D eigenvalue weighted by Crippen LogP contribution is 2.42. The maximum absolute atomic E-state index is 13.1. The van der Waals surface area contributed by atoms with Gasteiger partial charge in [0.25, 0.3) is 5.69 Å². The molecule has 0 aromatic heterocycles. The number of nitro groups is 1. The SMILES string of the molecule is CCc1cc([N+](=O)[O-])ccc1Oc1c(Cl)cc(SNc2ccccc2C(F)(F)F)cc1Cl. The highest BCUT2D eigenvalue weighted by atomic mass is 35.5. The van der Waals surface area contributed by atoms with Gasteiger partial charge in [0.15, 0.2) is 5.75 Å². The molecule has 0 radical (unpaired) electrons. The first-order valence-electron chi connectivity index (χ1n) is 9.13. The molecule has 11 heteroatoms. The summed E-state index contributed by atoms with van der Waals surface area (Å²) in [7, 11) is 0. The van der Waals surface area contributed by atoms with Crippen molar-refractivity contribution in [1.82, 2.24) is 0 Å². The molecule has 0 saturated heterocycles. The van der Waals surface area contributed by atoms with E-state index in [1.807, 2.05) is 6.92 Å². The van der Waals surface area contributed by atoms with Crippen LogP contribution in [0.3, 0.4) is 0 Å². The molecule has 32 heavy (non-hydrogen) atoms. The van der Waals surface area contributed by atoms with Crippen LogP contribution in [0.4, 0.5) is 24.5 Å². The fourth-order valence-electron chi connectivity index (χ4n) is 2.79. The number of halogens is 5. The third-order valence-electron chi connectivity index (χ3n) is 4.33. The van der Waals surface area contributed by atoms with E-state index in [1.165, 1.54) is 48.5 Å². The highest BCUT2D eigenvalue weighted by Gasteiger charge is 2.33. The molecule has 0 amide bonds. The predicted octanol–water partition coefficient (Wildman–Crippen LogP) is 8.39. The van der Waals surface area contributed by atoms with Crippen molar-refractivity contribution in [2.24, 2.45) is 0 Å². The first-order valence-corrected chi connectivity index (χ1v) is 10.7. The molecule has 0 unspecified atom stereocenters. The van der Waals surface area contributed by atoms with Crippen LogP contribution in [0.15, 0.2) is 59.5 Å². The summed E-state index contributed by atoms with van der Waals surface area (Å²) < 4.78 is 47.9. The molecule has 5 nitrogen and oxygen atoms in total. The van der Waals surface area contributed by atoms with E-state index < -0.39 is 16.7 Å². The van der Waals surface area contributed by atoms with Gasteiger partial charge in [0.05, 0.1) is 26.2 Å². The maximum Gasteiger partial charge on any atom is 0.418 e. The molecule has 0 saturated carbocycles. The zero-order valence-electron chi connectivity index (χ0n) is 16.4. The Bertz CT molecular complexity index is 1140. The molecule has 0 aliphatic rings. The van der Waals surface area contributed by atoms with E-state index in [0.717, 1.165) is 18.0 Å². The van der Waals surface area contributed by atoms with E-state index >= 15 is 0 Å². The second-order valence-corrected chi connectivity index (χ2v) is 8.16. The van der Waals surface area contributed by atoms with Gasteiger partial charge in [0.1, 0.15) is 5.75 Å². The minimum atomic E-state index is -4.50. The highest BCUT2D eigenvalue weighted by molar-refractivity contribution is 8.00. The van der Waals surface area contributed by atoms with Crippen molar-refractivity contribution in [2.75, 3.05) is 4.72 Å². The fourth-order valence-corrected chi connectivity index (χ4v) is 4.24. The summed E-state index contributed by atoms with van der Waals surface area (Å²) >= 11 is 13.5. The minimum Gasteiger partial charge on any atom is -0.454 e. The summed E-state index contributed by atoms with van der Waals surface area (Å²) in [4.78, 5) is 10.9. The van der Waals surface area contributed by atoms with Crippen molar-refractivity contribution in [1.29, 1.82) is 0 Å². The lowest BCUT2D eigenvalue weighted by molar-refractivity contribution is -0.384. The first kappa shape index (κ1) is 24.0. The molecule has 3 aromatic rings. The van der Waals surface area contributed by atoms with E-state index in [0.29, 0.717) is 22.6 Å². The molecule has 0 atom stereocenters. The minimum absolute atomic E-state index is 0.0663. The van der Waals surface area contributed by atoms with Gasteiger partial charge in [-0.15, -0.1) is 0 Å². The van der Waals surface area contributed by atoms with Gasteiger partial charge in [-0.05, 0) is 48.7 Å². The van der Waals surface area contributed by atoms with Crippen molar-refractivity contribution in [3.8, 4) is 11.5 Å². The second kappa shape index (κ2) is 9.89. The summed E-state index contributed by atoms with van der Waals surface area (Å²) in [5, 5.41) is 11.2. The number of para-hydroxylation sites is 1. The van der Waals surface area contributed by atoms with Crippen molar-refractivity contribution < 1.29 is 22.8 Å². The smallest absolute Gasteiger partial charge is 0.418 e. The van der Waals surface area contributed by atoms with Crippen LogP contribution < -0.4 is 9.46 Å². The summed E-state index contributed by atoms with van der Waals surface area (Å²) in [6.45, 7) is 1.82. The topological polar surface area (TPSA) is 64.4 Å². The monoisotopic (exact) mass is 502 g/mol. The van der Waals surface area contributed by atoms with Gasteiger partial charge in [-0.3, -0.25) is 10.1 Å². The zero-order valence-corrected chi connectivity index (χ0v) is 18.7. The first-order chi connectivity index (χ1) is 15.1. The number of rotatable bonds is 7. The number of benzene rings is 3. The average molecular weight is 503 g/mol. The third kappa shape index (κ3) is 5.59. The van der Waals surface area contributed by atoms with E-state index in [2.05, 4.69) is 4.72 Å². The van der Waals surface area contributed by atoms with Crippen LogP contribution in [0, 0.1) is 10.1 Å². The lowest BCUT2D eigenvalue weighted by Gasteiger charge is -2.15. The molecule has 3 aromatic carbocycles. The number of nitrogens with zero attached hydrogens (tertiary/aromatic N) is 1. The number of ether oxygens (including phenoxy) is 1. The standard InChI is InChI=1S/C21H15Cl2F3N2O3S/c1-2-12-9-13(28(29)30)7-8-19(12)31-20-16(22)10-14(11-17(20)23)32-27-18-6-4-3-5-15(18)21(24,25)26/h3-11,27H,2H2,1H3. The Balaban J connectivity index is 1.82. The van der Waals surface area contributed by atoms with E-state index in [4.69, 9.17) is 27.9 Å². The molecular weight excluding hydrogens is 488 g/mol. The number of nitrogens with one attached hydrogen (secondary N) is 1. The van der Waals surface area contributed by atoms with E-state index in [9.17, 15) is 23.3 Å². The molecule has 168 valence electrons. The molecule has 0 aliphatic carbocycles. The number of aryl methyl sites for hydroxylation is 1. The average Bonchev–Trinajstić information content (AvgIpc) is 2.74. The number of hydrogen-bond acceptors (Lipinski definition) is 5. The number of alkyl halides is 3. The normalized spacial score (nSPS) is 11.3. The van der Waals surface area contributed by atoms with E-state index in [-0.39, 0.29) is 27.2 Å². The van der Waals surface area contributed by atoms with Crippen molar-refractivity contribution >= 4 is 46.5 Å². The Morgan fingerprint density at radius 1 is 1.09 bits per heavy atom. The van der Waals surface area contributed by atoms with Crippen LogP contribution in [-0.2, 0) is 12.6 Å². The fraction of sp³-hybridized carbons (Fsp3) is 0.143. The van der Waals surface area contributed by atoms with Crippen LogP contribution in [0.5, 0.6) is 11.5 Å². The Labute approximate surface area is 195 Å². The lowest BCUT2D eigenvalue weighted by atomic mass is 10.1. The quantitative estimate of drug-likeness (QED) is 0.199. The number of hydrogen-bond donors (Lipinski definition) is 1. The van der Waals surface area contributed by atoms with Crippen LogP contribution in [-0.4, -0.2) is 4.92 Å². The summed E-state index contributed by atoms with van der Waals surface area (Å²) in [6, 6.07) is 12.3. The Hall–Kier alpha value is -2.62. The third-order valence-corrected chi connectivity index (χ3v) is 5.69. The molecule has 3 rings (SSSR count). The van der Waals surface area contributed by atoms with Crippen molar-refractivity contribution in [3.63, 3.8) is 0 Å². The lowest BCUT2D eigenvalue weighted by Crippen LogP contribution is -2.07. The number of non-ortho nitro benzene ring substituents is 1. The molecule has 0 heterocycles. The molecular formula is C21H15Cl2F3N2O3S. The zero-order chi connectivity index (χ0) is 23.5. The van der Waals surface area contributed by atoms with Gasteiger partial charge < -0.3 is 9.46 Å². The van der Waals surface area contributed by atoms with Crippen molar-refractivity contribution in [2.45, 2.75) is 24.4 Å². The van der Waals surface area contributed by atoms with Crippen LogP contribution in [0.1, 0.15) is 18.1 Å². The molecule has 0 fully saturated rings. The van der Waals surface area contributed by atoms with Gasteiger partial charge in [-0.25, -0.2) is 0 Å². The predicted molar refractivity (Wildman–Crippen MR) is 120 cm³/mol. The van der Waals surface area contributed by atoms with Crippen molar-refractivity contribution in [3.05, 3.63) is 85.9 Å². The molecule has 1 N–H and O–H groups in total. The molecule has 0 spiro atoms. The second-order valence-electron chi connectivity index (χ2n) is 6.47. The Kier molecular flexibility index (Phi) is 7.43. The molecule has 0 aliphatic heterocycles. The van der Waals surface area contributed by atoms with Crippen LogP contribution in [0.25, 0.3) is 0 Å². The number of anilines is 1. The van der Waals surface area contributed by atoms with Gasteiger partial charge in [-0.2, -0.15) is 13.2 Å². The van der Waals surface area contributed by atoms with Gasteiger partial charge in [-0.1, -0.05) is 42.3 Å². The summed E-state index contributed by atoms with van der Waals surface area (Å²) in [6.07, 6.45) is -4.03. The van der Waals surface area contributed by atoms with E-state index in [1.54, 1.807) is 0 Å². The Morgan fingerprint density at radius 3 is 2.34 bits per heavy atom. The van der Waals surface area contributed by atoms with Gasteiger partial charge in [0.2, 0.25) is 0 Å². The number of nitro benzene ring substituents is 1. The van der Waals surface area contributed by atoms with Crippen LogP contribution >= 0.6 is 35.1 Å². The largest absolute Gasteiger partial charge is 0.454 e. The molecule has 0 bridgehead atoms. The Morgan fingerprint density at radius 2 is 1.75 bits per heavy atom. The van der Waals surface area contributed by atoms with Gasteiger partial charge in [0, 0.05) is 22.6 Å². The summed E-state index contributed by atoms with van der Waals surface area (Å²) in [5.74, 6) is 0.497. The van der Waals surface area contributed by atoms with Gasteiger partial charge >= 0.3 is 6.18 Å². The summed E-state index contributed by atoms with van der Waals surface area (Å²) in [5.41, 5.74) is -0.371.